The van der Waals surface area contributed by atoms with E-state index < -0.39 is 17.7 Å². The first-order valence-electron chi connectivity index (χ1n) is 6.17. The van der Waals surface area contributed by atoms with Gasteiger partial charge in [0, 0.05) is 5.57 Å². The Hall–Kier alpha value is -1.92. The largest absolute Gasteiger partial charge is 0.478 e. The molecule has 0 saturated heterocycles. The average Bonchev–Trinajstić information content (AvgIpc) is 2.84. The first kappa shape index (κ1) is 17.4. The SMILES string of the molecule is C/C(=C\c1ccc(-c2c(Cl)cc(C(F)(F)F)cc2Cl)o1)C(=O)O. The van der Waals surface area contributed by atoms with Crippen molar-refractivity contribution in [3.63, 3.8) is 0 Å². The fourth-order valence-corrected chi connectivity index (χ4v) is 2.49. The van der Waals surface area contributed by atoms with Crippen LogP contribution in [0, 0.1) is 0 Å². The minimum absolute atomic E-state index is 0.0375. The fourth-order valence-electron chi connectivity index (χ4n) is 1.81. The van der Waals surface area contributed by atoms with Crippen LogP contribution in [0.4, 0.5) is 13.2 Å². The van der Waals surface area contributed by atoms with Gasteiger partial charge in [0.15, 0.2) is 0 Å². The second-order valence-electron chi connectivity index (χ2n) is 4.65. The number of benzene rings is 1. The molecule has 23 heavy (non-hydrogen) atoms. The molecule has 2 aromatic rings. The van der Waals surface area contributed by atoms with Crippen molar-refractivity contribution < 1.29 is 27.5 Å². The van der Waals surface area contributed by atoms with Gasteiger partial charge in [0.05, 0.1) is 21.2 Å². The third-order valence-electron chi connectivity index (χ3n) is 2.94. The molecule has 0 spiro atoms. The summed E-state index contributed by atoms with van der Waals surface area (Å²) in [5.74, 6) is -0.765. The van der Waals surface area contributed by atoms with Crippen LogP contribution in [0.15, 0.2) is 34.3 Å². The van der Waals surface area contributed by atoms with E-state index in [9.17, 15) is 18.0 Å². The van der Waals surface area contributed by atoms with Gasteiger partial charge in [-0.05, 0) is 37.3 Å². The molecule has 8 heteroatoms. The first-order chi connectivity index (χ1) is 10.6. The Bertz CT molecular complexity index is 769. The van der Waals surface area contributed by atoms with Crippen LogP contribution in [-0.2, 0) is 11.0 Å². The number of halogens is 5. The second kappa shape index (κ2) is 6.29. The normalized spacial score (nSPS) is 12.5. The number of hydrogen-bond acceptors (Lipinski definition) is 2. The van der Waals surface area contributed by atoms with Gasteiger partial charge < -0.3 is 9.52 Å². The highest BCUT2D eigenvalue weighted by Gasteiger charge is 2.32. The smallest absolute Gasteiger partial charge is 0.416 e. The molecule has 2 rings (SSSR count). The zero-order valence-electron chi connectivity index (χ0n) is 11.5. The lowest BCUT2D eigenvalue weighted by Gasteiger charge is -2.10. The summed E-state index contributed by atoms with van der Waals surface area (Å²) < 4.78 is 43.5. The quantitative estimate of drug-likeness (QED) is 0.704. The third kappa shape index (κ3) is 3.89. The van der Waals surface area contributed by atoms with E-state index >= 15 is 0 Å². The average molecular weight is 365 g/mol. The van der Waals surface area contributed by atoms with E-state index in [4.69, 9.17) is 32.7 Å². The molecule has 1 N–H and O–H groups in total. The monoisotopic (exact) mass is 364 g/mol. The minimum Gasteiger partial charge on any atom is -0.478 e. The predicted octanol–water partition coefficient (Wildman–Crippen LogP) is 5.76. The molecule has 1 heterocycles. The Labute approximate surface area is 138 Å². The van der Waals surface area contributed by atoms with Gasteiger partial charge >= 0.3 is 12.1 Å². The van der Waals surface area contributed by atoms with Crippen LogP contribution in [0.5, 0.6) is 0 Å². The molecule has 1 aromatic heterocycles. The van der Waals surface area contributed by atoms with Gasteiger partial charge in [0.25, 0.3) is 0 Å². The number of alkyl halides is 3. The van der Waals surface area contributed by atoms with Crippen LogP contribution < -0.4 is 0 Å². The van der Waals surface area contributed by atoms with Gasteiger partial charge in [-0.3, -0.25) is 0 Å². The highest BCUT2D eigenvalue weighted by atomic mass is 35.5. The van der Waals surface area contributed by atoms with Gasteiger partial charge in [-0.25, -0.2) is 4.79 Å². The molecule has 0 aliphatic carbocycles. The molecular formula is C15H9Cl2F3O3. The van der Waals surface area contributed by atoms with Crippen molar-refractivity contribution in [3.8, 4) is 11.3 Å². The summed E-state index contributed by atoms with van der Waals surface area (Å²) in [6, 6.07) is 4.42. The van der Waals surface area contributed by atoms with Crippen molar-refractivity contribution in [2.24, 2.45) is 0 Å². The van der Waals surface area contributed by atoms with E-state index in [1.807, 2.05) is 0 Å². The molecule has 3 nitrogen and oxygen atoms in total. The Morgan fingerprint density at radius 2 is 1.78 bits per heavy atom. The van der Waals surface area contributed by atoms with Gasteiger partial charge in [0.2, 0.25) is 0 Å². The van der Waals surface area contributed by atoms with Crippen molar-refractivity contribution in [2.75, 3.05) is 0 Å². The number of hydrogen-bond donors (Lipinski definition) is 1. The van der Waals surface area contributed by atoms with Gasteiger partial charge in [-0.15, -0.1) is 0 Å². The van der Waals surface area contributed by atoms with Crippen LogP contribution in [0.1, 0.15) is 18.2 Å². The standard InChI is InChI=1S/C15H9Cl2F3O3/c1-7(14(21)22)4-9-2-3-12(23-9)13-10(16)5-8(6-11(13)17)15(18,19)20/h2-6H,1H3,(H,21,22)/b7-4+. The summed E-state index contributed by atoms with van der Waals surface area (Å²) in [5, 5.41) is 8.37. The first-order valence-corrected chi connectivity index (χ1v) is 6.93. The Balaban J connectivity index is 2.46. The van der Waals surface area contributed by atoms with Crippen molar-refractivity contribution in [2.45, 2.75) is 13.1 Å². The molecule has 0 amide bonds. The summed E-state index contributed by atoms with van der Waals surface area (Å²) in [5.41, 5.74) is -0.825. The van der Waals surface area contributed by atoms with E-state index in [1.54, 1.807) is 0 Å². The van der Waals surface area contributed by atoms with Crippen molar-refractivity contribution in [1.29, 1.82) is 0 Å². The molecular weight excluding hydrogens is 356 g/mol. The summed E-state index contributed by atoms with van der Waals surface area (Å²) in [6.07, 6.45) is -3.29. The van der Waals surface area contributed by atoms with E-state index in [2.05, 4.69) is 0 Å². The van der Waals surface area contributed by atoms with Gasteiger partial charge in [0.1, 0.15) is 11.5 Å². The highest BCUT2D eigenvalue weighted by Crippen LogP contribution is 2.41. The summed E-state index contributed by atoms with van der Waals surface area (Å²) in [6.45, 7) is 1.38. The Morgan fingerprint density at radius 1 is 1.22 bits per heavy atom. The maximum Gasteiger partial charge on any atom is 0.416 e. The van der Waals surface area contributed by atoms with Crippen LogP contribution >= 0.6 is 23.2 Å². The molecule has 0 radical (unpaired) electrons. The van der Waals surface area contributed by atoms with E-state index in [0.717, 1.165) is 12.1 Å². The summed E-state index contributed by atoms with van der Waals surface area (Å²) in [7, 11) is 0. The fraction of sp³-hybridized carbons (Fsp3) is 0.133. The number of aliphatic carboxylic acids is 1. The molecule has 0 saturated carbocycles. The molecule has 1 aromatic carbocycles. The van der Waals surface area contributed by atoms with E-state index in [1.165, 1.54) is 25.1 Å². The van der Waals surface area contributed by atoms with E-state index in [-0.39, 0.29) is 32.7 Å². The number of carboxylic acid groups (broad SMARTS) is 1. The molecule has 122 valence electrons. The van der Waals surface area contributed by atoms with Crippen LogP contribution in [-0.4, -0.2) is 11.1 Å². The summed E-state index contributed by atoms with van der Waals surface area (Å²) >= 11 is 11.8. The lowest BCUT2D eigenvalue weighted by atomic mass is 10.1. The van der Waals surface area contributed by atoms with Gasteiger partial charge in [-0.2, -0.15) is 13.2 Å². The third-order valence-corrected chi connectivity index (χ3v) is 3.53. The highest BCUT2D eigenvalue weighted by molar-refractivity contribution is 6.39. The maximum atomic E-state index is 12.7. The second-order valence-corrected chi connectivity index (χ2v) is 5.46. The number of rotatable bonds is 3. The van der Waals surface area contributed by atoms with Crippen LogP contribution in [0.3, 0.4) is 0 Å². The van der Waals surface area contributed by atoms with Gasteiger partial charge in [-0.1, -0.05) is 23.2 Å². The number of carboxylic acids is 1. The zero-order valence-corrected chi connectivity index (χ0v) is 13.1. The van der Waals surface area contributed by atoms with Crippen molar-refractivity contribution >= 4 is 35.2 Å². The van der Waals surface area contributed by atoms with Crippen molar-refractivity contribution in [1.82, 2.24) is 0 Å². The molecule has 0 aliphatic rings. The lowest BCUT2D eigenvalue weighted by Crippen LogP contribution is -2.05. The minimum atomic E-state index is -4.57. The van der Waals surface area contributed by atoms with Crippen LogP contribution in [0.2, 0.25) is 10.0 Å². The van der Waals surface area contributed by atoms with Crippen molar-refractivity contribution in [3.05, 3.63) is 51.2 Å². The molecule has 0 fully saturated rings. The van der Waals surface area contributed by atoms with E-state index in [0.29, 0.717) is 0 Å². The Kier molecular flexibility index (Phi) is 4.77. The topological polar surface area (TPSA) is 50.4 Å². The molecule has 0 aliphatic heterocycles. The number of carbonyl (C=O) groups is 1. The number of furan rings is 1. The summed E-state index contributed by atoms with van der Waals surface area (Å²) in [4.78, 5) is 10.8. The van der Waals surface area contributed by atoms with Crippen LogP contribution in [0.25, 0.3) is 17.4 Å². The maximum absolute atomic E-state index is 12.7. The molecule has 0 unspecified atom stereocenters. The zero-order chi connectivity index (χ0) is 17.4. The molecule has 0 atom stereocenters. The molecule has 0 bridgehead atoms. The predicted molar refractivity (Wildman–Crippen MR) is 80.5 cm³/mol. The Morgan fingerprint density at radius 3 is 2.26 bits per heavy atom. The lowest BCUT2D eigenvalue weighted by molar-refractivity contribution is -0.137.